The van der Waals surface area contributed by atoms with Crippen molar-refractivity contribution >= 4 is 0 Å². The van der Waals surface area contributed by atoms with Crippen molar-refractivity contribution in [3.63, 3.8) is 0 Å². The summed E-state index contributed by atoms with van der Waals surface area (Å²) in [5, 5.41) is 27.0. The third kappa shape index (κ3) is 2.75. The van der Waals surface area contributed by atoms with Gasteiger partial charge in [0.1, 0.15) is 0 Å². The van der Waals surface area contributed by atoms with Gasteiger partial charge in [-0.1, -0.05) is 0 Å². The lowest BCUT2D eigenvalue weighted by Gasteiger charge is -2.32. The standard InChI is InChI=1S/C7H15NO3/c9-2-1-8-4-6(10)3-7(11)5-8/h6-7,9-11H,1-5H2. The molecule has 0 aromatic rings. The van der Waals surface area contributed by atoms with Crippen molar-refractivity contribution in [2.75, 3.05) is 26.2 Å². The van der Waals surface area contributed by atoms with Crippen LogP contribution in [0.15, 0.2) is 0 Å². The number of likely N-dealkylation sites (tertiary alicyclic amines) is 1. The van der Waals surface area contributed by atoms with E-state index < -0.39 is 12.2 Å². The monoisotopic (exact) mass is 161 g/mol. The van der Waals surface area contributed by atoms with Crippen molar-refractivity contribution < 1.29 is 15.3 Å². The zero-order chi connectivity index (χ0) is 8.27. The van der Waals surface area contributed by atoms with Crippen molar-refractivity contribution in [1.82, 2.24) is 4.90 Å². The van der Waals surface area contributed by atoms with E-state index in [0.717, 1.165) is 0 Å². The molecule has 0 aromatic heterocycles. The summed E-state index contributed by atoms with van der Waals surface area (Å²) >= 11 is 0. The van der Waals surface area contributed by atoms with Crippen LogP contribution >= 0.6 is 0 Å². The number of aliphatic hydroxyl groups is 3. The van der Waals surface area contributed by atoms with Crippen LogP contribution in [0.1, 0.15) is 6.42 Å². The molecule has 4 heteroatoms. The fourth-order valence-electron chi connectivity index (χ4n) is 1.46. The molecule has 0 saturated carbocycles. The van der Waals surface area contributed by atoms with Gasteiger partial charge >= 0.3 is 0 Å². The fraction of sp³-hybridized carbons (Fsp3) is 1.00. The molecule has 2 unspecified atom stereocenters. The van der Waals surface area contributed by atoms with Gasteiger partial charge in [-0.3, -0.25) is 4.90 Å². The molecule has 0 aromatic carbocycles. The summed E-state index contributed by atoms with van der Waals surface area (Å²) in [5.74, 6) is 0. The Balaban J connectivity index is 2.30. The van der Waals surface area contributed by atoms with Crippen LogP contribution in [0, 0.1) is 0 Å². The molecule has 1 saturated heterocycles. The molecule has 1 aliphatic heterocycles. The third-order valence-electron chi connectivity index (χ3n) is 1.90. The van der Waals surface area contributed by atoms with E-state index in [1.807, 2.05) is 4.90 Å². The van der Waals surface area contributed by atoms with Crippen LogP contribution in [-0.2, 0) is 0 Å². The predicted molar refractivity (Wildman–Crippen MR) is 40.2 cm³/mol. The number of piperidine rings is 1. The van der Waals surface area contributed by atoms with Crippen LogP contribution in [0.5, 0.6) is 0 Å². The van der Waals surface area contributed by atoms with E-state index in [1.165, 1.54) is 0 Å². The minimum Gasteiger partial charge on any atom is -0.395 e. The van der Waals surface area contributed by atoms with Gasteiger partial charge in [0.25, 0.3) is 0 Å². The van der Waals surface area contributed by atoms with Crippen LogP contribution in [0.4, 0.5) is 0 Å². The molecule has 66 valence electrons. The van der Waals surface area contributed by atoms with E-state index >= 15 is 0 Å². The SMILES string of the molecule is OCCN1CC(O)CC(O)C1. The Hall–Kier alpha value is -0.160. The fourth-order valence-corrected chi connectivity index (χ4v) is 1.46. The van der Waals surface area contributed by atoms with Gasteiger partial charge in [0.05, 0.1) is 18.8 Å². The molecule has 1 aliphatic rings. The molecule has 1 heterocycles. The predicted octanol–water partition coefficient (Wildman–Crippen LogP) is -1.59. The maximum absolute atomic E-state index is 9.19. The van der Waals surface area contributed by atoms with Gasteiger partial charge in [-0.25, -0.2) is 0 Å². The molecular formula is C7H15NO3. The average molecular weight is 161 g/mol. The molecule has 0 amide bonds. The Morgan fingerprint density at radius 1 is 1.18 bits per heavy atom. The second-order valence-corrected chi connectivity index (χ2v) is 3.03. The Morgan fingerprint density at radius 3 is 2.18 bits per heavy atom. The van der Waals surface area contributed by atoms with Crippen LogP contribution in [0.2, 0.25) is 0 Å². The molecule has 11 heavy (non-hydrogen) atoms. The maximum atomic E-state index is 9.19. The molecular weight excluding hydrogens is 146 g/mol. The Labute approximate surface area is 66.1 Å². The first-order chi connectivity index (χ1) is 5.22. The van der Waals surface area contributed by atoms with Crippen molar-refractivity contribution in [2.24, 2.45) is 0 Å². The number of nitrogens with zero attached hydrogens (tertiary/aromatic N) is 1. The molecule has 2 atom stereocenters. The van der Waals surface area contributed by atoms with Crippen LogP contribution in [0.25, 0.3) is 0 Å². The summed E-state index contributed by atoms with van der Waals surface area (Å²) in [7, 11) is 0. The van der Waals surface area contributed by atoms with E-state index in [2.05, 4.69) is 0 Å². The number of hydrogen-bond acceptors (Lipinski definition) is 4. The Bertz CT molecular complexity index is 110. The van der Waals surface area contributed by atoms with Crippen LogP contribution in [-0.4, -0.2) is 58.7 Å². The average Bonchev–Trinajstić information content (AvgIpc) is 1.85. The smallest absolute Gasteiger partial charge is 0.0692 e. The van der Waals surface area contributed by atoms with E-state index in [9.17, 15) is 10.2 Å². The zero-order valence-corrected chi connectivity index (χ0v) is 6.48. The van der Waals surface area contributed by atoms with Crippen molar-refractivity contribution in [3.8, 4) is 0 Å². The van der Waals surface area contributed by atoms with Crippen LogP contribution < -0.4 is 0 Å². The molecule has 4 nitrogen and oxygen atoms in total. The first-order valence-corrected chi connectivity index (χ1v) is 3.91. The van der Waals surface area contributed by atoms with Gasteiger partial charge in [0, 0.05) is 26.1 Å². The third-order valence-corrected chi connectivity index (χ3v) is 1.90. The molecule has 0 radical (unpaired) electrons. The Morgan fingerprint density at radius 2 is 1.73 bits per heavy atom. The first kappa shape index (κ1) is 8.93. The molecule has 0 aliphatic carbocycles. The summed E-state index contributed by atoms with van der Waals surface area (Å²) in [6, 6.07) is 0. The van der Waals surface area contributed by atoms with Gasteiger partial charge < -0.3 is 15.3 Å². The molecule has 0 spiro atoms. The summed E-state index contributed by atoms with van der Waals surface area (Å²) in [6.07, 6.45) is -0.419. The topological polar surface area (TPSA) is 63.9 Å². The highest BCUT2D eigenvalue weighted by Gasteiger charge is 2.23. The lowest BCUT2D eigenvalue weighted by molar-refractivity contribution is -0.0125. The highest BCUT2D eigenvalue weighted by atomic mass is 16.3. The maximum Gasteiger partial charge on any atom is 0.0692 e. The molecule has 0 bridgehead atoms. The second-order valence-electron chi connectivity index (χ2n) is 3.03. The summed E-state index contributed by atoms with van der Waals surface area (Å²) in [4.78, 5) is 1.86. The van der Waals surface area contributed by atoms with E-state index in [4.69, 9.17) is 5.11 Å². The largest absolute Gasteiger partial charge is 0.395 e. The number of rotatable bonds is 2. The minimum atomic E-state index is -0.440. The van der Waals surface area contributed by atoms with E-state index in [1.54, 1.807) is 0 Å². The van der Waals surface area contributed by atoms with Crippen molar-refractivity contribution in [1.29, 1.82) is 0 Å². The van der Waals surface area contributed by atoms with Gasteiger partial charge in [0.15, 0.2) is 0 Å². The van der Waals surface area contributed by atoms with Gasteiger partial charge in [-0.2, -0.15) is 0 Å². The summed E-state index contributed by atoms with van der Waals surface area (Å²) in [6.45, 7) is 1.75. The highest BCUT2D eigenvalue weighted by Crippen LogP contribution is 2.09. The van der Waals surface area contributed by atoms with E-state index in [0.29, 0.717) is 26.1 Å². The molecule has 1 fully saturated rings. The van der Waals surface area contributed by atoms with Crippen LogP contribution in [0.3, 0.4) is 0 Å². The van der Waals surface area contributed by atoms with E-state index in [-0.39, 0.29) is 6.61 Å². The highest BCUT2D eigenvalue weighted by molar-refractivity contribution is 4.77. The quantitative estimate of drug-likeness (QED) is 0.457. The van der Waals surface area contributed by atoms with Crippen molar-refractivity contribution in [2.45, 2.75) is 18.6 Å². The normalized spacial score (nSPS) is 34.1. The number of hydrogen-bond donors (Lipinski definition) is 3. The molecule has 3 N–H and O–H groups in total. The Kier molecular flexibility index (Phi) is 3.26. The van der Waals surface area contributed by atoms with Crippen molar-refractivity contribution in [3.05, 3.63) is 0 Å². The summed E-state index contributed by atoms with van der Waals surface area (Å²) in [5.41, 5.74) is 0. The zero-order valence-electron chi connectivity index (χ0n) is 6.48. The first-order valence-electron chi connectivity index (χ1n) is 3.91. The number of β-amino-alcohol motifs (C(OH)–C–C–N with tert-alkyl or cyclic N) is 3. The number of aliphatic hydroxyl groups excluding tert-OH is 3. The van der Waals surface area contributed by atoms with Gasteiger partial charge in [-0.05, 0) is 0 Å². The van der Waals surface area contributed by atoms with Gasteiger partial charge in [-0.15, -0.1) is 0 Å². The molecule has 1 rings (SSSR count). The van der Waals surface area contributed by atoms with Gasteiger partial charge in [0.2, 0.25) is 0 Å². The summed E-state index contributed by atoms with van der Waals surface area (Å²) < 4.78 is 0. The lowest BCUT2D eigenvalue weighted by atomic mass is 10.1. The minimum absolute atomic E-state index is 0.0828. The second kappa shape index (κ2) is 4.01. The lowest BCUT2D eigenvalue weighted by Crippen LogP contribution is -2.46.